The zero-order chi connectivity index (χ0) is 28.2. The summed E-state index contributed by atoms with van der Waals surface area (Å²) in [6, 6.07) is 21.7. The van der Waals surface area contributed by atoms with Crippen molar-refractivity contribution in [1.29, 1.82) is 0 Å². The Morgan fingerprint density at radius 3 is 2.50 bits per heavy atom. The van der Waals surface area contributed by atoms with Gasteiger partial charge in [0, 0.05) is 23.6 Å². The van der Waals surface area contributed by atoms with Crippen molar-refractivity contribution in [3.63, 3.8) is 0 Å². The van der Waals surface area contributed by atoms with E-state index in [2.05, 4.69) is 15.6 Å². The lowest BCUT2D eigenvalue weighted by Crippen LogP contribution is -2.55. The number of rotatable bonds is 9. The number of fused-ring (bicyclic) bond motifs is 1. The Labute approximate surface area is 232 Å². The molecule has 40 heavy (non-hydrogen) atoms. The average molecular weight is 537 g/mol. The van der Waals surface area contributed by atoms with Gasteiger partial charge in [-0.05, 0) is 54.2 Å². The van der Waals surface area contributed by atoms with Gasteiger partial charge in [0.25, 0.3) is 5.91 Å². The molecule has 204 valence electrons. The number of carbonyl (C=O) groups excluding carboxylic acids is 4. The maximum atomic E-state index is 13.7. The normalized spacial score (nSPS) is 16.1. The quantitative estimate of drug-likeness (QED) is 0.284. The highest BCUT2D eigenvalue weighted by molar-refractivity contribution is 6.05. The van der Waals surface area contributed by atoms with Crippen LogP contribution in [0.1, 0.15) is 33.9 Å². The van der Waals surface area contributed by atoms with Gasteiger partial charge in [0.05, 0.1) is 6.54 Å². The molecule has 3 aromatic carbocycles. The van der Waals surface area contributed by atoms with E-state index in [1.54, 1.807) is 24.3 Å². The fraction of sp³-hybridized carbons (Fsp3) is 0.250. The molecule has 2 heterocycles. The summed E-state index contributed by atoms with van der Waals surface area (Å²) in [7, 11) is 0. The van der Waals surface area contributed by atoms with Crippen molar-refractivity contribution in [2.75, 3.05) is 13.1 Å². The van der Waals surface area contributed by atoms with E-state index < -0.39 is 23.7 Å². The molecule has 0 spiro atoms. The van der Waals surface area contributed by atoms with E-state index in [9.17, 15) is 19.2 Å². The molecule has 3 amide bonds. The Morgan fingerprint density at radius 2 is 1.73 bits per heavy atom. The van der Waals surface area contributed by atoms with Gasteiger partial charge in [-0.1, -0.05) is 66.7 Å². The lowest BCUT2D eigenvalue weighted by molar-refractivity contribution is -0.147. The zero-order valence-electron chi connectivity index (χ0n) is 22.6. The van der Waals surface area contributed by atoms with Crippen molar-refractivity contribution in [2.24, 2.45) is 5.92 Å². The fourth-order valence-corrected chi connectivity index (χ4v) is 5.10. The van der Waals surface area contributed by atoms with Crippen LogP contribution in [0.3, 0.4) is 0 Å². The molecule has 1 aliphatic rings. The molecule has 0 radical (unpaired) electrons. The van der Waals surface area contributed by atoms with Crippen molar-refractivity contribution in [3.8, 4) is 0 Å². The summed E-state index contributed by atoms with van der Waals surface area (Å²) in [6.07, 6.45) is 1.98. The first kappa shape index (κ1) is 26.9. The molecule has 1 saturated heterocycles. The number of hydrogen-bond donors (Lipinski definition) is 3. The summed E-state index contributed by atoms with van der Waals surface area (Å²) in [5, 5.41) is 6.57. The van der Waals surface area contributed by atoms with Crippen LogP contribution in [-0.4, -0.2) is 46.5 Å². The third-order valence-electron chi connectivity index (χ3n) is 7.52. The van der Waals surface area contributed by atoms with Crippen LogP contribution in [0.5, 0.6) is 0 Å². The second-order valence-corrected chi connectivity index (χ2v) is 10.3. The van der Waals surface area contributed by atoms with Gasteiger partial charge in [-0.25, -0.2) is 0 Å². The summed E-state index contributed by atoms with van der Waals surface area (Å²) in [4.78, 5) is 57.5. The Morgan fingerprint density at radius 1 is 0.975 bits per heavy atom. The molecule has 8 nitrogen and oxygen atoms in total. The molecule has 0 aliphatic carbocycles. The lowest BCUT2D eigenvalue weighted by Gasteiger charge is -2.33. The van der Waals surface area contributed by atoms with Crippen LogP contribution in [0.25, 0.3) is 10.9 Å². The van der Waals surface area contributed by atoms with E-state index in [1.165, 1.54) is 4.90 Å². The number of piperazine rings is 1. The molecule has 1 aromatic heterocycles. The van der Waals surface area contributed by atoms with Gasteiger partial charge in [-0.15, -0.1) is 0 Å². The number of hydrogen-bond acceptors (Lipinski definition) is 4. The van der Waals surface area contributed by atoms with Crippen LogP contribution in [0.15, 0.2) is 79.0 Å². The van der Waals surface area contributed by atoms with Gasteiger partial charge in [0.1, 0.15) is 18.5 Å². The summed E-state index contributed by atoms with van der Waals surface area (Å²) < 4.78 is 0. The maximum absolute atomic E-state index is 13.7. The van der Waals surface area contributed by atoms with Crippen LogP contribution in [-0.2, 0) is 32.1 Å². The van der Waals surface area contributed by atoms with E-state index in [1.807, 2.05) is 68.6 Å². The summed E-state index contributed by atoms with van der Waals surface area (Å²) >= 11 is 0. The molecule has 0 bridgehead atoms. The first-order valence-electron chi connectivity index (χ1n) is 13.3. The first-order chi connectivity index (χ1) is 19.3. The number of aryl methyl sites for hydroxylation is 2. The lowest BCUT2D eigenvalue weighted by atomic mass is 9.93. The number of ketones is 1. The second-order valence-electron chi connectivity index (χ2n) is 10.3. The maximum Gasteiger partial charge on any atom is 0.250 e. The predicted molar refractivity (Wildman–Crippen MR) is 152 cm³/mol. The number of nitrogens with one attached hydrogen (secondary N) is 3. The molecule has 3 N–H and O–H groups in total. The SMILES string of the molecule is Cc1ccc(CNC(=O)C(Cc2c[nH]c3ccccc23)C(=O)CN2CC(=O)NC(c3ccccc3)C2=O)cc1C. The van der Waals surface area contributed by atoms with Crippen LogP contribution in [0.4, 0.5) is 0 Å². The van der Waals surface area contributed by atoms with Crippen molar-refractivity contribution in [2.45, 2.75) is 32.9 Å². The van der Waals surface area contributed by atoms with Gasteiger partial charge in [0.15, 0.2) is 5.78 Å². The van der Waals surface area contributed by atoms with Crippen molar-refractivity contribution >= 4 is 34.4 Å². The highest BCUT2D eigenvalue weighted by Gasteiger charge is 2.37. The molecule has 2 atom stereocenters. The van der Waals surface area contributed by atoms with Gasteiger partial charge in [0.2, 0.25) is 11.8 Å². The van der Waals surface area contributed by atoms with Crippen LogP contribution in [0, 0.1) is 19.8 Å². The van der Waals surface area contributed by atoms with Gasteiger partial charge in [-0.3, -0.25) is 19.2 Å². The Hall–Kier alpha value is -4.72. The molecule has 2 unspecified atom stereocenters. The monoisotopic (exact) mass is 536 g/mol. The summed E-state index contributed by atoms with van der Waals surface area (Å²) in [5.74, 6) is -2.60. The number of aromatic nitrogens is 1. The fourth-order valence-electron chi connectivity index (χ4n) is 5.10. The van der Waals surface area contributed by atoms with Gasteiger partial charge >= 0.3 is 0 Å². The Bertz CT molecular complexity index is 1580. The van der Waals surface area contributed by atoms with E-state index in [4.69, 9.17) is 0 Å². The number of Topliss-reactive ketones (excluding diaryl/α,β-unsaturated/α-hetero) is 1. The number of H-pyrrole nitrogens is 1. The molecule has 1 fully saturated rings. The van der Waals surface area contributed by atoms with Crippen molar-refractivity contribution in [3.05, 3.63) is 107 Å². The number of carbonyl (C=O) groups is 4. The van der Waals surface area contributed by atoms with Crippen LogP contribution in [0.2, 0.25) is 0 Å². The van der Waals surface area contributed by atoms with E-state index in [0.717, 1.165) is 33.2 Å². The van der Waals surface area contributed by atoms with E-state index >= 15 is 0 Å². The molecule has 1 aliphatic heterocycles. The average Bonchev–Trinajstić information content (AvgIpc) is 3.37. The number of para-hydroxylation sites is 1. The molecule has 0 saturated carbocycles. The minimum absolute atomic E-state index is 0.165. The largest absolute Gasteiger partial charge is 0.361 e. The van der Waals surface area contributed by atoms with Crippen molar-refractivity contribution < 1.29 is 19.2 Å². The Balaban J connectivity index is 1.37. The van der Waals surface area contributed by atoms with Gasteiger partial charge in [-0.2, -0.15) is 0 Å². The zero-order valence-corrected chi connectivity index (χ0v) is 22.6. The highest BCUT2D eigenvalue weighted by Crippen LogP contribution is 2.23. The minimum Gasteiger partial charge on any atom is -0.361 e. The standard InChI is InChI=1S/C32H32N4O4/c1-20-12-13-22(14-21(20)2)16-34-31(39)26(15-24-17-33-27-11-7-6-10-25(24)27)28(37)18-36-19-29(38)35-30(32(36)40)23-8-4-3-5-9-23/h3-14,17,26,30,33H,15-16,18-19H2,1-2H3,(H,34,39)(H,35,38). The molecule has 8 heteroatoms. The second kappa shape index (κ2) is 11.6. The van der Waals surface area contributed by atoms with E-state index in [0.29, 0.717) is 5.56 Å². The minimum atomic E-state index is -1.04. The third-order valence-corrected chi connectivity index (χ3v) is 7.52. The smallest absolute Gasteiger partial charge is 0.250 e. The molecule has 4 aromatic rings. The topological polar surface area (TPSA) is 111 Å². The molecular weight excluding hydrogens is 504 g/mol. The molecule has 5 rings (SSSR count). The first-order valence-corrected chi connectivity index (χ1v) is 13.3. The highest BCUT2D eigenvalue weighted by atomic mass is 16.2. The predicted octanol–water partition coefficient (Wildman–Crippen LogP) is 3.53. The van der Waals surface area contributed by atoms with Crippen LogP contribution >= 0.6 is 0 Å². The third kappa shape index (κ3) is 5.81. The summed E-state index contributed by atoms with van der Waals surface area (Å²) in [5.41, 5.74) is 5.59. The molecular formula is C32H32N4O4. The van der Waals surface area contributed by atoms with Crippen LogP contribution < -0.4 is 10.6 Å². The Kier molecular flexibility index (Phi) is 7.77. The van der Waals surface area contributed by atoms with Crippen molar-refractivity contribution in [1.82, 2.24) is 20.5 Å². The number of amides is 3. The van der Waals surface area contributed by atoms with E-state index in [-0.39, 0.29) is 37.9 Å². The van der Waals surface area contributed by atoms with Gasteiger partial charge < -0.3 is 20.5 Å². The number of benzene rings is 3. The summed E-state index contributed by atoms with van der Waals surface area (Å²) in [6.45, 7) is 3.74. The number of aromatic amines is 1. The number of nitrogens with zero attached hydrogens (tertiary/aromatic N) is 1.